The molecule has 0 aliphatic rings. The van der Waals surface area contributed by atoms with Gasteiger partial charge in [0, 0.05) is 11.4 Å². The van der Waals surface area contributed by atoms with E-state index in [2.05, 4.69) is 10.1 Å². The van der Waals surface area contributed by atoms with Gasteiger partial charge in [-0.2, -0.15) is 14.6 Å². The lowest BCUT2D eigenvalue weighted by Crippen LogP contribution is -2.28. The summed E-state index contributed by atoms with van der Waals surface area (Å²) in [4.78, 5) is 29.3. The summed E-state index contributed by atoms with van der Waals surface area (Å²) < 4.78 is 1.65. The van der Waals surface area contributed by atoms with Crippen LogP contribution in [0.4, 0.5) is 0 Å². The van der Waals surface area contributed by atoms with Crippen LogP contribution in [0.3, 0.4) is 0 Å². The Morgan fingerprint density at radius 2 is 1.93 bits per heavy atom. The fraction of sp³-hybridized carbons (Fsp3) is 0.100. The average Bonchev–Trinajstić information content (AvgIpc) is 2.92. The molecule has 0 fully saturated rings. The standard InChI is InChI=1S/C20H14ClN3O2S/c1-12-5-7-13(8-6-12)10-16-18(25)22-20-24(23-16)19(26)17(27-20)11-14-3-2-4-15(21)9-14/h2-9,11H,10H2,1H3/b17-11-. The zero-order valence-electron chi connectivity index (χ0n) is 14.3. The van der Waals surface area contributed by atoms with Crippen molar-refractivity contribution >= 4 is 34.0 Å². The van der Waals surface area contributed by atoms with Crippen LogP contribution in [0.15, 0.2) is 58.1 Å². The molecule has 0 bridgehead atoms. The first-order chi connectivity index (χ1) is 13.0. The Balaban J connectivity index is 1.80. The highest BCUT2D eigenvalue weighted by atomic mass is 35.5. The van der Waals surface area contributed by atoms with Crippen LogP contribution in [0.5, 0.6) is 0 Å². The molecule has 0 unspecified atom stereocenters. The molecule has 0 aliphatic carbocycles. The van der Waals surface area contributed by atoms with E-state index >= 15 is 0 Å². The normalized spacial score (nSPS) is 12.0. The lowest BCUT2D eigenvalue weighted by Gasteiger charge is -2.01. The van der Waals surface area contributed by atoms with Crippen molar-refractivity contribution in [2.45, 2.75) is 13.3 Å². The van der Waals surface area contributed by atoms with E-state index in [1.807, 2.05) is 43.3 Å². The Morgan fingerprint density at radius 3 is 2.67 bits per heavy atom. The van der Waals surface area contributed by atoms with Crippen molar-refractivity contribution in [3.63, 3.8) is 0 Å². The topological polar surface area (TPSA) is 64.3 Å². The van der Waals surface area contributed by atoms with Crippen molar-refractivity contribution in [1.29, 1.82) is 0 Å². The van der Waals surface area contributed by atoms with E-state index in [1.165, 1.54) is 4.52 Å². The summed E-state index contributed by atoms with van der Waals surface area (Å²) in [7, 11) is 0. The fourth-order valence-corrected chi connectivity index (χ4v) is 3.80. The van der Waals surface area contributed by atoms with Crippen LogP contribution < -0.4 is 15.7 Å². The number of fused-ring (bicyclic) bond motifs is 1. The lowest BCUT2D eigenvalue weighted by molar-refractivity contribution is 0.811. The van der Waals surface area contributed by atoms with E-state index < -0.39 is 5.56 Å². The molecule has 4 aromatic rings. The zero-order chi connectivity index (χ0) is 19.0. The molecule has 2 aromatic carbocycles. The number of hydrogen-bond acceptors (Lipinski definition) is 5. The van der Waals surface area contributed by atoms with Gasteiger partial charge in [-0.3, -0.25) is 9.59 Å². The first-order valence-electron chi connectivity index (χ1n) is 8.25. The number of rotatable bonds is 3. The highest BCUT2D eigenvalue weighted by Gasteiger charge is 2.11. The van der Waals surface area contributed by atoms with Crippen molar-refractivity contribution in [1.82, 2.24) is 14.6 Å². The highest BCUT2D eigenvalue weighted by Crippen LogP contribution is 2.11. The quantitative estimate of drug-likeness (QED) is 0.535. The number of nitrogens with zero attached hydrogens (tertiary/aromatic N) is 3. The van der Waals surface area contributed by atoms with Crippen molar-refractivity contribution < 1.29 is 0 Å². The Bertz CT molecular complexity index is 1310. The molecule has 0 N–H and O–H groups in total. The van der Waals surface area contributed by atoms with Gasteiger partial charge in [-0.1, -0.05) is 64.9 Å². The van der Waals surface area contributed by atoms with Crippen LogP contribution in [-0.2, 0) is 6.42 Å². The summed E-state index contributed by atoms with van der Waals surface area (Å²) in [5, 5.41) is 4.85. The minimum Gasteiger partial charge on any atom is -0.266 e. The summed E-state index contributed by atoms with van der Waals surface area (Å²) in [5.41, 5.74) is 2.42. The smallest absolute Gasteiger partial charge is 0.266 e. The summed E-state index contributed by atoms with van der Waals surface area (Å²) in [6, 6.07) is 15.0. The molecule has 0 saturated heterocycles. The molecule has 27 heavy (non-hydrogen) atoms. The van der Waals surface area contributed by atoms with E-state index in [1.54, 1.807) is 18.2 Å². The molecule has 0 spiro atoms. The number of thiazole rings is 1. The van der Waals surface area contributed by atoms with E-state index in [0.29, 0.717) is 16.0 Å². The molecular weight excluding hydrogens is 382 g/mol. The summed E-state index contributed by atoms with van der Waals surface area (Å²) in [6.07, 6.45) is 2.05. The van der Waals surface area contributed by atoms with E-state index in [9.17, 15) is 9.59 Å². The van der Waals surface area contributed by atoms with E-state index in [0.717, 1.165) is 28.0 Å². The molecule has 0 amide bonds. The summed E-state index contributed by atoms with van der Waals surface area (Å²) in [6.45, 7) is 2.00. The van der Waals surface area contributed by atoms with Gasteiger partial charge in [-0.25, -0.2) is 0 Å². The van der Waals surface area contributed by atoms with Crippen molar-refractivity contribution in [3.05, 3.63) is 101 Å². The maximum Gasteiger partial charge on any atom is 0.296 e. The Kier molecular flexibility index (Phi) is 4.59. The van der Waals surface area contributed by atoms with Gasteiger partial charge in [0.2, 0.25) is 4.96 Å². The van der Waals surface area contributed by atoms with Gasteiger partial charge in [-0.05, 0) is 36.3 Å². The second-order valence-electron chi connectivity index (χ2n) is 6.19. The van der Waals surface area contributed by atoms with Gasteiger partial charge in [-0.15, -0.1) is 0 Å². The van der Waals surface area contributed by atoms with Crippen LogP contribution in [0.2, 0.25) is 5.02 Å². The number of aromatic nitrogens is 3. The van der Waals surface area contributed by atoms with Crippen LogP contribution in [0.1, 0.15) is 22.4 Å². The Morgan fingerprint density at radius 1 is 1.15 bits per heavy atom. The average molecular weight is 396 g/mol. The molecule has 2 aromatic heterocycles. The molecule has 134 valence electrons. The van der Waals surface area contributed by atoms with Crippen LogP contribution in [0.25, 0.3) is 11.0 Å². The van der Waals surface area contributed by atoms with Crippen molar-refractivity contribution in [3.8, 4) is 0 Å². The van der Waals surface area contributed by atoms with Gasteiger partial charge in [0.25, 0.3) is 11.1 Å². The summed E-state index contributed by atoms with van der Waals surface area (Å²) >= 11 is 7.13. The Hall–Kier alpha value is -2.83. The van der Waals surface area contributed by atoms with Crippen molar-refractivity contribution in [2.75, 3.05) is 0 Å². The third-order valence-corrected chi connectivity index (χ3v) is 5.28. The van der Waals surface area contributed by atoms with Gasteiger partial charge >= 0.3 is 0 Å². The third kappa shape index (κ3) is 3.67. The SMILES string of the molecule is Cc1ccc(Cc2nn3c(=O)/c(=C/c4cccc(Cl)c4)sc3nc2=O)cc1. The number of benzene rings is 2. The number of halogens is 1. The van der Waals surface area contributed by atoms with Gasteiger partial charge in [0.05, 0.1) is 4.53 Å². The molecule has 7 heteroatoms. The molecule has 0 radical (unpaired) electrons. The highest BCUT2D eigenvalue weighted by molar-refractivity contribution is 7.15. The minimum atomic E-state index is -0.411. The van der Waals surface area contributed by atoms with Gasteiger partial charge in [0.1, 0.15) is 5.69 Å². The van der Waals surface area contributed by atoms with Crippen LogP contribution in [0, 0.1) is 6.92 Å². The fourth-order valence-electron chi connectivity index (χ4n) is 2.70. The third-order valence-electron chi connectivity index (χ3n) is 4.09. The zero-order valence-corrected chi connectivity index (χ0v) is 15.9. The molecule has 0 aliphatic heterocycles. The van der Waals surface area contributed by atoms with E-state index in [-0.39, 0.29) is 16.2 Å². The summed E-state index contributed by atoms with van der Waals surface area (Å²) in [5.74, 6) is 0. The van der Waals surface area contributed by atoms with Crippen LogP contribution in [-0.4, -0.2) is 14.6 Å². The lowest BCUT2D eigenvalue weighted by atomic mass is 10.1. The maximum absolute atomic E-state index is 12.7. The first kappa shape index (κ1) is 17.6. The second-order valence-corrected chi connectivity index (χ2v) is 7.64. The number of hydrogen-bond donors (Lipinski definition) is 0. The largest absolute Gasteiger partial charge is 0.296 e. The number of aryl methyl sites for hydroxylation is 1. The molecule has 2 heterocycles. The predicted molar refractivity (Wildman–Crippen MR) is 108 cm³/mol. The van der Waals surface area contributed by atoms with Crippen LogP contribution >= 0.6 is 22.9 Å². The Labute approximate surface area is 163 Å². The molecule has 0 saturated carbocycles. The minimum absolute atomic E-state index is 0.251. The van der Waals surface area contributed by atoms with Gasteiger partial charge in [0.15, 0.2) is 0 Å². The molecule has 5 nitrogen and oxygen atoms in total. The molecular formula is C20H14ClN3O2S. The second kappa shape index (κ2) is 7.06. The molecule has 4 rings (SSSR count). The monoisotopic (exact) mass is 395 g/mol. The first-order valence-corrected chi connectivity index (χ1v) is 9.45. The van der Waals surface area contributed by atoms with Gasteiger partial charge < -0.3 is 0 Å². The predicted octanol–water partition coefficient (Wildman–Crippen LogP) is 2.61. The van der Waals surface area contributed by atoms with Crippen molar-refractivity contribution in [2.24, 2.45) is 0 Å². The maximum atomic E-state index is 12.7. The molecule has 0 atom stereocenters. The van der Waals surface area contributed by atoms with E-state index in [4.69, 9.17) is 11.6 Å².